The second-order valence-corrected chi connectivity index (χ2v) is 12.3. The number of rotatable bonds is 11. The largest absolute Gasteiger partial charge is 0.469 e. The third-order valence-corrected chi connectivity index (χ3v) is 4.92. The molecule has 0 saturated carbocycles. The normalized spacial score (nSPS) is 12.2. The van der Waals surface area contributed by atoms with Gasteiger partial charge in [-0.15, -0.1) is 0 Å². The maximum atomic E-state index is 11.7. The predicted octanol–water partition coefficient (Wildman–Crippen LogP) is 0.871. The Kier molecular flexibility index (Phi) is 11.1. The lowest BCUT2D eigenvalue weighted by atomic mass is 10.2. The molecular formula is C15H30N2O6Si. The van der Waals surface area contributed by atoms with Crippen molar-refractivity contribution in [1.29, 1.82) is 0 Å². The third kappa shape index (κ3) is 12.9. The van der Waals surface area contributed by atoms with Crippen molar-refractivity contribution in [2.45, 2.75) is 51.0 Å². The number of nitrogens with one attached hydrogen (secondary N) is 2. The number of aliphatic hydroxyl groups is 1. The Hall–Kier alpha value is -1.61. The molecule has 0 heterocycles. The lowest BCUT2D eigenvalue weighted by molar-refractivity contribution is -0.142. The molecule has 8 nitrogen and oxygen atoms in total. The average Bonchev–Trinajstić information content (AvgIpc) is 2.49. The molecule has 0 radical (unpaired) electrons. The minimum absolute atomic E-state index is 0.000831. The summed E-state index contributed by atoms with van der Waals surface area (Å²) in [7, 11) is -0.0117. The van der Waals surface area contributed by atoms with Gasteiger partial charge in [0.1, 0.15) is 0 Å². The first-order valence-corrected chi connectivity index (χ1v) is 11.8. The van der Waals surface area contributed by atoms with Gasteiger partial charge in [-0.2, -0.15) is 0 Å². The summed E-state index contributed by atoms with van der Waals surface area (Å²) < 4.78 is 9.58. The van der Waals surface area contributed by atoms with E-state index in [9.17, 15) is 14.4 Å². The van der Waals surface area contributed by atoms with Crippen molar-refractivity contribution in [1.82, 2.24) is 10.6 Å². The Morgan fingerprint density at radius 3 is 2.38 bits per heavy atom. The van der Waals surface area contributed by atoms with Gasteiger partial charge in [0.25, 0.3) is 0 Å². The fourth-order valence-corrected chi connectivity index (χ4v) is 2.40. The van der Waals surface area contributed by atoms with E-state index in [1.807, 2.05) is 0 Å². The van der Waals surface area contributed by atoms with E-state index in [4.69, 9.17) is 9.84 Å². The number of carbonyl (C=O) groups is 3. The van der Waals surface area contributed by atoms with E-state index in [2.05, 4.69) is 35.0 Å². The standard InChI is InChI=1S/C15H30N2O6Si/c1-22-14(20)6-5-13(19)16-11-12(7-8-18)17-15(21)23-9-10-24(2,3)4/h12,18H,5-11H2,1-4H3,(H,16,19)(H,17,21). The number of amides is 2. The lowest BCUT2D eigenvalue weighted by Gasteiger charge is -2.19. The summed E-state index contributed by atoms with van der Waals surface area (Å²) in [6.07, 6.45) is -0.255. The molecule has 1 atom stereocenters. The lowest BCUT2D eigenvalue weighted by Crippen LogP contribution is -2.44. The molecule has 0 fully saturated rings. The van der Waals surface area contributed by atoms with Gasteiger partial charge in [-0.25, -0.2) is 4.79 Å². The van der Waals surface area contributed by atoms with Gasteiger partial charge in [-0.3, -0.25) is 9.59 Å². The van der Waals surface area contributed by atoms with Crippen molar-refractivity contribution in [3.05, 3.63) is 0 Å². The first-order valence-electron chi connectivity index (χ1n) is 8.05. The molecule has 1 unspecified atom stereocenters. The third-order valence-electron chi connectivity index (χ3n) is 3.21. The van der Waals surface area contributed by atoms with Gasteiger partial charge in [-0.1, -0.05) is 19.6 Å². The molecule has 9 heteroatoms. The highest BCUT2D eigenvalue weighted by atomic mass is 28.3. The number of methoxy groups -OCH3 is 1. The molecule has 0 aromatic rings. The van der Waals surface area contributed by atoms with Gasteiger partial charge in [-0.05, 0) is 12.5 Å². The van der Waals surface area contributed by atoms with Gasteiger partial charge in [0.15, 0.2) is 0 Å². The predicted molar refractivity (Wildman–Crippen MR) is 92.4 cm³/mol. The molecule has 0 rings (SSSR count). The Labute approximate surface area is 144 Å². The molecule has 0 aliphatic heterocycles. The van der Waals surface area contributed by atoms with Gasteiger partial charge in [0.2, 0.25) is 5.91 Å². The first kappa shape index (κ1) is 22.4. The quantitative estimate of drug-likeness (QED) is 0.371. The van der Waals surface area contributed by atoms with Crippen molar-refractivity contribution in [2.75, 3.05) is 26.9 Å². The van der Waals surface area contributed by atoms with Gasteiger partial charge in [0.05, 0.1) is 26.2 Å². The van der Waals surface area contributed by atoms with Crippen LogP contribution in [0.3, 0.4) is 0 Å². The van der Waals surface area contributed by atoms with E-state index in [1.165, 1.54) is 7.11 Å². The van der Waals surface area contributed by atoms with Crippen LogP contribution in [0.4, 0.5) is 4.79 Å². The number of esters is 1. The van der Waals surface area contributed by atoms with E-state index in [0.29, 0.717) is 13.0 Å². The average molecular weight is 362 g/mol. The van der Waals surface area contributed by atoms with Crippen LogP contribution in [0.1, 0.15) is 19.3 Å². The topological polar surface area (TPSA) is 114 Å². The summed E-state index contributed by atoms with van der Waals surface area (Å²) >= 11 is 0. The van der Waals surface area contributed by atoms with Gasteiger partial charge >= 0.3 is 12.1 Å². The highest BCUT2D eigenvalue weighted by Gasteiger charge is 2.17. The SMILES string of the molecule is COC(=O)CCC(=O)NCC(CCO)NC(=O)OCC[Si](C)(C)C. The van der Waals surface area contributed by atoms with E-state index >= 15 is 0 Å². The molecule has 2 amide bonds. The highest BCUT2D eigenvalue weighted by molar-refractivity contribution is 6.76. The number of alkyl carbamates (subject to hydrolysis) is 1. The molecule has 0 aliphatic rings. The minimum Gasteiger partial charge on any atom is -0.469 e. The zero-order valence-electron chi connectivity index (χ0n) is 15.0. The molecule has 0 aliphatic carbocycles. The molecule has 3 N–H and O–H groups in total. The molecule has 0 aromatic carbocycles. The van der Waals surface area contributed by atoms with Crippen LogP contribution in [0.15, 0.2) is 0 Å². The van der Waals surface area contributed by atoms with Crippen LogP contribution in [-0.2, 0) is 19.1 Å². The van der Waals surface area contributed by atoms with Crippen LogP contribution in [0.5, 0.6) is 0 Å². The number of hydrogen-bond acceptors (Lipinski definition) is 6. The van der Waals surface area contributed by atoms with Crippen LogP contribution in [0.25, 0.3) is 0 Å². The van der Waals surface area contributed by atoms with Crippen molar-refractivity contribution in [2.24, 2.45) is 0 Å². The van der Waals surface area contributed by atoms with E-state index in [-0.39, 0.29) is 31.9 Å². The molecule has 0 bridgehead atoms. The summed E-state index contributed by atoms with van der Waals surface area (Å²) in [5, 5.41) is 14.3. The smallest absolute Gasteiger partial charge is 0.407 e. The Balaban J connectivity index is 4.13. The van der Waals surface area contributed by atoms with E-state index in [1.54, 1.807) is 0 Å². The molecule has 0 spiro atoms. The molecule has 140 valence electrons. The fraction of sp³-hybridized carbons (Fsp3) is 0.800. The highest BCUT2D eigenvalue weighted by Crippen LogP contribution is 2.07. The van der Waals surface area contributed by atoms with E-state index < -0.39 is 26.2 Å². The summed E-state index contributed by atoms with van der Waals surface area (Å²) in [5.74, 6) is -0.779. The van der Waals surface area contributed by atoms with E-state index in [0.717, 1.165) is 6.04 Å². The zero-order valence-corrected chi connectivity index (χ0v) is 16.0. The number of carbonyl (C=O) groups excluding carboxylic acids is 3. The first-order chi connectivity index (χ1) is 11.2. The van der Waals surface area contributed by atoms with Gasteiger partial charge in [0, 0.05) is 27.6 Å². The number of aliphatic hydroxyl groups excluding tert-OH is 1. The van der Waals surface area contributed by atoms with Crippen LogP contribution in [0, 0.1) is 0 Å². The Bertz CT molecular complexity index is 411. The Morgan fingerprint density at radius 1 is 1.17 bits per heavy atom. The molecule has 0 aromatic heterocycles. The maximum absolute atomic E-state index is 11.7. The van der Waals surface area contributed by atoms with Crippen molar-refractivity contribution in [3.63, 3.8) is 0 Å². The molecule has 0 saturated heterocycles. The second-order valence-electron chi connectivity index (χ2n) is 6.68. The minimum atomic E-state index is -1.27. The van der Waals surface area contributed by atoms with Crippen LogP contribution < -0.4 is 10.6 Å². The number of ether oxygens (including phenoxy) is 2. The van der Waals surface area contributed by atoms with Crippen molar-refractivity contribution >= 4 is 26.0 Å². The van der Waals surface area contributed by atoms with Crippen LogP contribution in [0.2, 0.25) is 25.7 Å². The van der Waals surface area contributed by atoms with Crippen LogP contribution in [-0.4, -0.2) is 64.1 Å². The maximum Gasteiger partial charge on any atom is 0.407 e. The zero-order chi connectivity index (χ0) is 18.6. The van der Waals surface area contributed by atoms with Crippen LogP contribution >= 0.6 is 0 Å². The summed E-state index contributed by atoms with van der Waals surface area (Å²) in [6, 6.07) is 0.437. The van der Waals surface area contributed by atoms with Gasteiger partial charge < -0.3 is 25.2 Å². The molecule has 24 heavy (non-hydrogen) atoms. The molecular weight excluding hydrogens is 332 g/mol. The van der Waals surface area contributed by atoms with Crippen molar-refractivity contribution < 1.29 is 29.0 Å². The second kappa shape index (κ2) is 11.9. The van der Waals surface area contributed by atoms with Crippen molar-refractivity contribution in [3.8, 4) is 0 Å². The number of hydrogen-bond donors (Lipinski definition) is 3. The summed E-state index contributed by atoms with van der Waals surface area (Å²) in [5.41, 5.74) is 0. The summed E-state index contributed by atoms with van der Waals surface area (Å²) in [6.45, 7) is 6.95. The monoisotopic (exact) mass is 362 g/mol. The fourth-order valence-electron chi connectivity index (χ4n) is 1.68. The Morgan fingerprint density at radius 2 is 1.83 bits per heavy atom. The summed E-state index contributed by atoms with van der Waals surface area (Å²) in [4.78, 5) is 34.3.